The summed E-state index contributed by atoms with van der Waals surface area (Å²) in [5.41, 5.74) is 0.643. The highest BCUT2D eigenvalue weighted by Crippen LogP contribution is 2.52. The van der Waals surface area contributed by atoms with E-state index in [-0.39, 0.29) is 35.1 Å². The van der Waals surface area contributed by atoms with Gasteiger partial charge < -0.3 is 5.32 Å². The lowest BCUT2D eigenvalue weighted by Crippen LogP contribution is -2.32. The lowest BCUT2D eigenvalue weighted by atomic mass is 9.87. The summed E-state index contributed by atoms with van der Waals surface area (Å²) >= 11 is 3.74. The molecule has 2 N–H and O–H groups in total. The van der Waals surface area contributed by atoms with Crippen LogP contribution in [0.15, 0.2) is 57.7 Å². The molecule has 0 saturated carbocycles. The number of thioether (sulfide) groups is 1. The molecule has 0 aliphatic carbocycles. The predicted octanol–water partition coefficient (Wildman–Crippen LogP) is 2.49. The number of thiazole rings is 1. The molecule has 10 heteroatoms. The van der Waals surface area contributed by atoms with Crippen molar-refractivity contribution < 1.29 is 14.4 Å². The van der Waals surface area contributed by atoms with E-state index in [0.717, 1.165) is 21.1 Å². The summed E-state index contributed by atoms with van der Waals surface area (Å²) in [4.78, 5) is 51.7. The highest BCUT2D eigenvalue weighted by atomic mass is 32.2. The molecule has 1 saturated heterocycles. The molecule has 3 aromatic rings. The number of carbonyl (C=O) groups excluding carboxylic acids is 3. The van der Waals surface area contributed by atoms with Crippen molar-refractivity contribution in [3.63, 3.8) is 0 Å². The molecule has 30 heavy (non-hydrogen) atoms. The molecule has 2 aliphatic heterocycles. The number of fused-ring (bicyclic) bond motifs is 2. The van der Waals surface area contributed by atoms with Crippen molar-refractivity contribution in [2.24, 2.45) is 5.92 Å². The van der Waals surface area contributed by atoms with Crippen molar-refractivity contribution in [2.75, 3.05) is 5.32 Å². The number of amides is 3. The number of thiophene rings is 1. The van der Waals surface area contributed by atoms with Crippen LogP contribution in [0.5, 0.6) is 0 Å². The van der Waals surface area contributed by atoms with Gasteiger partial charge in [-0.2, -0.15) is 0 Å². The van der Waals surface area contributed by atoms with Gasteiger partial charge in [0.2, 0.25) is 17.7 Å². The Morgan fingerprint density at radius 1 is 1.07 bits per heavy atom. The molecule has 3 amide bonds. The summed E-state index contributed by atoms with van der Waals surface area (Å²) in [6.07, 6.45) is 0. The van der Waals surface area contributed by atoms with Gasteiger partial charge in [0.05, 0.1) is 10.9 Å². The van der Waals surface area contributed by atoms with Crippen LogP contribution >= 0.6 is 34.4 Å². The van der Waals surface area contributed by atoms with Crippen LogP contribution in [0.25, 0.3) is 0 Å². The second kappa shape index (κ2) is 7.53. The number of nitrogens with zero attached hydrogens (tertiary/aromatic N) is 1. The molecule has 2 aromatic heterocycles. The van der Waals surface area contributed by atoms with E-state index in [4.69, 9.17) is 0 Å². The maximum atomic E-state index is 12.8. The number of imide groups is 1. The Bertz CT molecular complexity index is 1200. The van der Waals surface area contributed by atoms with Crippen LogP contribution in [0.1, 0.15) is 15.7 Å². The van der Waals surface area contributed by atoms with Crippen LogP contribution in [0.2, 0.25) is 0 Å². The summed E-state index contributed by atoms with van der Waals surface area (Å²) < 4.78 is 1.41. The first-order chi connectivity index (χ1) is 14.5. The van der Waals surface area contributed by atoms with Gasteiger partial charge in [0, 0.05) is 21.4 Å². The van der Waals surface area contributed by atoms with E-state index in [9.17, 15) is 19.2 Å². The highest BCUT2D eigenvalue weighted by molar-refractivity contribution is 8.00. The van der Waals surface area contributed by atoms with Crippen molar-refractivity contribution in [1.29, 1.82) is 0 Å². The van der Waals surface area contributed by atoms with Crippen LogP contribution in [0.4, 0.5) is 5.69 Å². The number of carbonyl (C=O) groups is 3. The number of nitrogens with one attached hydrogen (secondary N) is 2. The Labute approximate surface area is 183 Å². The maximum Gasteiger partial charge on any atom is 0.308 e. The van der Waals surface area contributed by atoms with E-state index in [2.05, 4.69) is 10.6 Å². The molecule has 5 rings (SSSR count). The van der Waals surface area contributed by atoms with Crippen LogP contribution in [0.3, 0.4) is 0 Å². The third-order valence-corrected chi connectivity index (χ3v) is 8.67. The van der Waals surface area contributed by atoms with Crippen molar-refractivity contribution in [3.05, 3.63) is 67.3 Å². The van der Waals surface area contributed by atoms with Gasteiger partial charge in [0.1, 0.15) is 11.8 Å². The Morgan fingerprint density at radius 3 is 2.60 bits per heavy atom. The number of hydrogen-bond donors (Lipinski definition) is 2. The summed E-state index contributed by atoms with van der Waals surface area (Å²) in [6, 6.07) is 12.8. The molecule has 1 aromatic carbocycles. The minimum Gasteiger partial charge on any atom is -0.325 e. The minimum absolute atomic E-state index is 0.156. The molecular formula is C20H15N3O4S3. The molecule has 0 spiro atoms. The second-order valence-electron chi connectivity index (χ2n) is 6.95. The third-order valence-electron chi connectivity index (χ3n) is 5.10. The lowest BCUT2D eigenvalue weighted by Gasteiger charge is -2.29. The zero-order valence-corrected chi connectivity index (χ0v) is 17.8. The molecule has 0 radical (unpaired) electrons. The van der Waals surface area contributed by atoms with Crippen molar-refractivity contribution in [1.82, 2.24) is 9.88 Å². The fourth-order valence-electron chi connectivity index (χ4n) is 3.82. The Kier molecular flexibility index (Phi) is 4.84. The smallest absolute Gasteiger partial charge is 0.308 e. The van der Waals surface area contributed by atoms with Gasteiger partial charge in [0.15, 0.2) is 0 Å². The number of para-hydroxylation sites is 1. The number of anilines is 1. The first-order valence-corrected chi connectivity index (χ1v) is 11.7. The first kappa shape index (κ1) is 19.3. The predicted molar refractivity (Wildman–Crippen MR) is 116 cm³/mol. The van der Waals surface area contributed by atoms with Crippen molar-refractivity contribution in [3.8, 4) is 0 Å². The van der Waals surface area contributed by atoms with Gasteiger partial charge in [-0.1, -0.05) is 47.4 Å². The van der Waals surface area contributed by atoms with Crippen LogP contribution in [-0.4, -0.2) is 27.5 Å². The fourth-order valence-corrected chi connectivity index (χ4v) is 7.50. The fraction of sp³-hybridized carbons (Fsp3) is 0.200. The molecule has 4 heterocycles. The SMILES string of the molecule is O=C(Cn1c2c(sc1=O)[C@@H](c1cccs1)[C@H]1C(=O)NC(=O)[C@H]1S2)Nc1ccccc1. The summed E-state index contributed by atoms with van der Waals surface area (Å²) in [6.45, 7) is -0.156. The summed E-state index contributed by atoms with van der Waals surface area (Å²) in [5.74, 6) is -1.91. The van der Waals surface area contributed by atoms with Crippen LogP contribution < -0.4 is 15.5 Å². The van der Waals surface area contributed by atoms with E-state index >= 15 is 0 Å². The van der Waals surface area contributed by atoms with Crippen molar-refractivity contribution in [2.45, 2.75) is 22.7 Å². The largest absolute Gasteiger partial charge is 0.325 e. The van der Waals surface area contributed by atoms with Crippen LogP contribution in [-0.2, 0) is 20.9 Å². The Balaban J connectivity index is 1.53. The molecule has 152 valence electrons. The number of benzene rings is 1. The normalized spacial score (nSPS) is 22.3. The summed E-state index contributed by atoms with van der Waals surface area (Å²) in [5, 5.41) is 7.10. The zero-order chi connectivity index (χ0) is 20.8. The average molecular weight is 458 g/mol. The lowest BCUT2D eigenvalue weighted by molar-refractivity contribution is -0.126. The standard InChI is InChI=1S/C20H15N3O4S3/c24-12(21-10-5-2-1-3-6-10)9-23-19-16(30-20(23)27)13(11-7-4-8-28-11)14-15(29-19)18(26)22-17(14)25/h1-8,13-15H,9H2,(H,21,24)(H,22,25,26)/t13-,14+,15-/m0/s1. The van der Waals surface area contributed by atoms with E-state index < -0.39 is 11.2 Å². The van der Waals surface area contributed by atoms with E-state index in [1.54, 1.807) is 12.1 Å². The van der Waals surface area contributed by atoms with E-state index in [1.807, 2.05) is 35.7 Å². The summed E-state index contributed by atoms with van der Waals surface area (Å²) in [7, 11) is 0. The van der Waals surface area contributed by atoms with Gasteiger partial charge in [-0.05, 0) is 23.6 Å². The van der Waals surface area contributed by atoms with Crippen molar-refractivity contribution >= 4 is 57.8 Å². The molecule has 0 bridgehead atoms. The van der Waals surface area contributed by atoms with Gasteiger partial charge in [-0.3, -0.25) is 29.1 Å². The molecule has 2 aliphatic rings. The molecule has 3 atom stereocenters. The number of aromatic nitrogens is 1. The average Bonchev–Trinajstić information content (AvgIpc) is 3.42. The highest BCUT2D eigenvalue weighted by Gasteiger charge is 2.53. The number of rotatable bonds is 4. The van der Waals surface area contributed by atoms with Gasteiger partial charge in [0.25, 0.3) is 0 Å². The van der Waals surface area contributed by atoms with E-state index in [1.165, 1.54) is 27.7 Å². The minimum atomic E-state index is -0.616. The maximum absolute atomic E-state index is 12.8. The van der Waals surface area contributed by atoms with Gasteiger partial charge >= 0.3 is 4.87 Å². The molecule has 0 unspecified atom stereocenters. The monoisotopic (exact) mass is 457 g/mol. The second-order valence-corrected chi connectivity index (χ2v) is 10.1. The third kappa shape index (κ3) is 3.21. The molecule has 7 nitrogen and oxygen atoms in total. The Morgan fingerprint density at radius 2 is 1.87 bits per heavy atom. The van der Waals surface area contributed by atoms with Crippen LogP contribution in [0, 0.1) is 5.92 Å². The molecule has 1 fully saturated rings. The zero-order valence-electron chi connectivity index (χ0n) is 15.4. The van der Waals surface area contributed by atoms with Gasteiger partial charge in [-0.25, -0.2) is 0 Å². The quantitative estimate of drug-likeness (QED) is 0.587. The first-order valence-electron chi connectivity index (χ1n) is 9.16. The van der Waals surface area contributed by atoms with E-state index in [0.29, 0.717) is 10.7 Å². The number of hydrogen-bond acceptors (Lipinski definition) is 7. The Hall–Kier alpha value is -2.69. The van der Waals surface area contributed by atoms with Gasteiger partial charge in [-0.15, -0.1) is 11.3 Å². The topological polar surface area (TPSA) is 97.3 Å². The molecular weight excluding hydrogens is 442 g/mol.